The number of carbonyl (C=O) groups is 1. The van der Waals surface area contributed by atoms with Crippen molar-refractivity contribution in [1.29, 1.82) is 0 Å². The van der Waals surface area contributed by atoms with E-state index in [-0.39, 0.29) is 17.8 Å². The molecule has 114 valence electrons. The van der Waals surface area contributed by atoms with Gasteiger partial charge in [-0.25, -0.2) is 0 Å². The summed E-state index contributed by atoms with van der Waals surface area (Å²) >= 11 is 0. The zero-order valence-corrected chi connectivity index (χ0v) is 13.0. The van der Waals surface area contributed by atoms with Gasteiger partial charge in [-0.1, -0.05) is 48.5 Å². The molecule has 0 N–H and O–H groups in total. The van der Waals surface area contributed by atoms with E-state index in [4.69, 9.17) is 4.74 Å². The van der Waals surface area contributed by atoms with Crippen molar-refractivity contribution in [2.24, 2.45) is 11.8 Å². The van der Waals surface area contributed by atoms with Gasteiger partial charge in [0.05, 0.1) is 23.3 Å². The van der Waals surface area contributed by atoms with E-state index >= 15 is 0 Å². The number of benzene rings is 2. The molecule has 0 spiro atoms. The average molecular weight is 314 g/mol. The Kier molecular flexibility index (Phi) is 4.68. The van der Waals surface area contributed by atoms with Crippen molar-refractivity contribution >= 4 is 16.8 Å². The Labute approximate surface area is 132 Å². The maximum atomic E-state index is 12.4. The van der Waals surface area contributed by atoms with Crippen LogP contribution in [0.3, 0.4) is 0 Å². The number of rotatable bonds is 5. The molecule has 1 heterocycles. The molecule has 0 unspecified atom stereocenters. The Morgan fingerprint density at radius 2 is 1.64 bits per heavy atom. The van der Waals surface area contributed by atoms with Crippen LogP contribution in [0.5, 0.6) is 0 Å². The minimum absolute atomic E-state index is 0.00810. The highest BCUT2D eigenvalue weighted by Gasteiger charge is 2.37. The maximum Gasteiger partial charge on any atom is 0.309 e. The van der Waals surface area contributed by atoms with Crippen LogP contribution in [0.4, 0.5) is 0 Å². The van der Waals surface area contributed by atoms with Crippen LogP contribution in [0.1, 0.15) is 5.56 Å². The van der Waals surface area contributed by atoms with Crippen LogP contribution in [0.15, 0.2) is 65.6 Å². The smallest absolute Gasteiger partial charge is 0.309 e. The zero-order valence-electron chi connectivity index (χ0n) is 12.2. The molecular weight excluding hydrogens is 296 g/mol. The van der Waals surface area contributed by atoms with E-state index in [1.54, 1.807) is 0 Å². The van der Waals surface area contributed by atoms with Gasteiger partial charge in [0.15, 0.2) is 0 Å². The lowest BCUT2D eigenvalue weighted by Gasteiger charge is -2.15. The molecule has 1 aliphatic rings. The molecule has 3 atom stereocenters. The molecule has 3 rings (SSSR count). The number of ether oxygens (including phenoxy) is 1. The summed E-state index contributed by atoms with van der Waals surface area (Å²) < 4.78 is 17.7. The quantitative estimate of drug-likeness (QED) is 0.797. The first-order chi connectivity index (χ1) is 10.7. The minimum Gasteiger partial charge on any atom is -0.465 e. The lowest BCUT2D eigenvalue weighted by molar-refractivity contribution is -0.141. The van der Waals surface area contributed by atoms with E-state index in [9.17, 15) is 9.00 Å². The molecule has 4 heteroatoms. The molecule has 0 saturated carbocycles. The van der Waals surface area contributed by atoms with Crippen molar-refractivity contribution in [1.82, 2.24) is 0 Å². The first-order valence-corrected chi connectivity index (χ1v) is 8.70. The standard InChI is InChI=1S/C18H18O3S/c19-18-17(11-14-7-3-1-4-8-14)15(12-21-18)13-22(20)16-9-5-2-6-10-16/h1-10,15,17H,11-13H2/t15-,17-,22-/m0/s1. The van der Waals surface area contributed by atoms with Crippen molar-refractivity contribution in [2.75, 3.05) is 12.4 Å². The van der Waals surface area contributed by atoms with Crippen LogP contribution in [-0.2, 0) is 26.8 Å². The van der Waals surface area contributed by atoms with Gasteiger partial charge in [-0.15, -0.1) is 0 Å². The summed E-state index contributed by atoms with van der Waals surface area (Å²) in [7, 11) is -1.10. The first kappa shape index (κ1) is 15.0. The first-order valence-electron chi connectivity index (χ1n) is 7.38. The van der Waals surface area contributed by atoms with E-state index in [2.05, 4.69) is 0 Å². The van der Waals surface area contributed by atoms with Crippen LogP contribution >= 0.6 is 0 Å². The summed E-state index contributed by atoms with van der Waals surface area (Å²) in [6.45, 7) is 0.370. The minimum atomic E-state index is -1.10. The third-order valence-electron chi connectivity index (χ3n) is 3.98. The normalized spacial score (nSPS) is 22.3. The Bertz CT molecular complexity index is 655. The molecule has 0 aromatic heterocycles. The molecule has 2 aromatic carbocycles. The topological polar surface area (TPSA) is 43.4 Å². The highest BCUT2D eigenvalue weighted by Crippen LogP contribution is 2.28. The summed E-state index contributed by atoms with van der Waals surface area (Å²) in [6, 6.07) is 19.3. The van der Waals surface area contributed by atoms with Gasteiger partial charge in [0.1, 0.15) is 0 Å². The Balaban J connectivity index is 1.70. The third kappa shape index (κ3) is 3.45. The molecule has 1 aliphatic heterocycles. The fraction of sp³-hybridized carbons (Fsp3) is 0.278. The second-order valence-electron chi connectivity index (χ2n) is 5.51. The van der Waals surface area contributed by atoms with Gasteiger partial charge in [0, 0.05) is 16.6 Å². The molecule has 3 nitrogen and oxygen atoms in total. The van der Waals surface area contributed by atoms with Crippen LogP contribution in [0, 0.1) is 11.8 Å². The molecule has 2 aromatic rings. The largest absolute Gasteiger partial charge is 0.465 e. The zero-order chi connectivity index (χ0) is 15.4. The van der Waals surface area contributed by atoms with E-state index in [0.29, 0.717) is 18.8 Å². The fourth-order valence-corrected chi connectivity index (χ4v) is 4.12. The van der Waals surface area contributed by atoms with Crippen molar-refractivity contribution < 1.29 is 13.7 Å². The molecular formula is C18H18O3S. The lowest BCUT2D eigenvalue weighted by Crippen LogP contribution is -2.23. The van der Waals surface area contributed by atoms with Gasteiger partial charge in [0.25, 0.3) is 0 Å². The maximum absolute atomic E-state index is 12.4. The highest BCUT2D eigenvalue weighted by molar-refractivity contribution is 7.85. The van der Waals surface area contributed by atoms with Gasteiger partial charge in [-0.05, 0) is 24.1 Å². The van der Waals surface area contributed by atoms with Crippen LogP contribution in [0.25, 0.3) is 0 Å². The molecule has 22 heavy (non-hydrogen) atoms. The average Bonchev–Trinajstić information content (AvgIpc) is 2.90. The van der Waals surface area contributed by atoms with Crippen LogP contribution in [0.2, 0.25) is 0 Å². The second-order valence-corrected chi connectivity index (χ2v) is 7.01. The van der Waals surface area contributed by atoms with Crippen molar-refractivity contribution in [3.05, 3.63) is 66.2 Å². The van der Waals surface area contributed by atoms with Gasteiger partial charge >= 0.3 is 5.97 Å². The molecule has 0 aliphatic carbocycles. The summed E-state index contributed by atoms with van der Waals surface area (Å²) in [5.74, 6) is 0.107. The molecule has 0 radical (unpaired) electrons. The summed E-state index contributed by atoms with van der Waals surface area (Å²) in [4.78, 5) is 12.8. The number of esters is 1. The third-order valence-corrected chi connectivity index (χ3v) is 5.51. The van der Waals surface area contributed by atoms with E-state index in [1.807, 2.05) is 60.7 Å². The van der Waals surface area contributed by atoms with Crippen molar-refractivity contribution in [2.45, 2.75) is 11.3 Å². The Morgan fingerprint density at radius 1 is 1.00 bits per heavy atom. The SMILES string of the molecule is O=C1OC[C@@H](C[S@](=O)c2ccccc2)[C@@H]1Cc1ccccc1. The van der Waals surface area contributed by atoms with Crippen molar-refractivity contribution in [3.8, 4) is 0 Å². The van der Waals surface area contributed by atoms with E-state index in [1.165, 1.54) is 0 Å². The predicted molar refractivity (Wildman–Crippen MR) is 85.8 cm³/mol. The lowest BCUT2D eigenvalue weighted by atomic mass is 9.90. The molecule has 1 fully saturated rings. The number of hydrogen-bond acceptors (Lipinski definition) is 3. The fourth-order valence-electron chi connectivity index (χ4n) is 2.75. The summed E-state index contributed by atoms with van der Waals surface area (Å²) in [5, 5.41) is 0. The summed E-state index contributed by atoms with van der Waals surface area (Å²) in [6.07, 6.45) is 0.649. The number of hydrogen-bond donors (Lipinski definition) is 0. The van der Waals surface area contributed by atoms with Gasteiger partial charge in [-0.3, -0.25) is 9.00 Å². The van der Waals surface area contributed by atoms with Crippen molar-refractivity contribution in [3.63, 3.8) is 0 Å². The van der Waals surface area contributed by atoms with Gasteiger partial charge < -0.3 is 4.74 Å². The van der Waals surface area contributed by atoms with Crippen LogP contribution in [-0.4, -0.2) is 22.5 Å². The second kappa shape index (κ2) is 6.88. The van der Waals surface area contributed by atoms with Gasteiger partial charge in [-0.2, -0.15) is 0 Å². The molecule has 0 bridgehead atoms. The van der Waals surface area contributed by atoms with Crippen LogP contribution < -0.4 is 0 Å². The number of cyclic esters (lactones) is 1. The van der Waals surface area contributed by atoms with Gasteiger partial charge in [0.2, 0.25) is 0 Å². The molecule has 0 amide bonds. The van der Waals surface area contributed by atoms with E-state index in [0.717, 1.165) is 10.5 Å². The predicted octanol–water partition coefficient (Wildman–Crippen LogP) is 2.83. The Hall–Kier alpha value is -1.94. The monoisotopic (exact) mass is 314 g/mol. The Morgan fingerprint density at radius 3 is 2.32 bits per heavy atom. The van der Waals surface area contributed by atoms with E-state index < -0.39 is 10.8 Å². The summed E-state index contributed by atoms with van der Waals surface area (Å²) in [5.41, 5.74) is 1.11. The number of carbonyl (C=O) groups excluding carboxylic acids is 1. The molecule has 1 saturated heterocycles. The highest BCUT2D eigenvalue weighted by atomic mass is 32.2.